The number of urea groups is 1. The van der Waals surface area contributed by atoms with E-state index in [1.165, 1.54) is 0 Å². The smallest absolute Gasteiger partial charge is 0.326 e. The van der Waals surface area contributed by atoms with Gasteiger partial charge >= 0.3 is 18.0 Å². The van der Waals surface area contributed by atoms with Crippen molar-refractivity contribution in [1.82, 2.24) is 10.6 Å². The molecule has 142 valence electrons. The van der Waals surface area contributed by atoms with Crippen LogP contribution in [0.4, 0.5) is 4.79 Å². The SMILES string of the molecule is NC(N)=NCCC[C@@H](NC(=O)N[C@@H](Cc1ccccc1)C(=O)O)C(=O)O. The van der Waals surface area contributed by atoms with Gasteiger partial charge in [0.25, 0.3) is 0 Å². The van der Waals surface area contributed by atoms with E-state index < -0.39 is 30.1 Å². The summed E-state index contributed by atoms with van der Waals surface area (Å²) < 4.78 is 0. The predicted octanol–water partition coefficient (Wildman–Crippen LogP) is -0.512. The molecule has 0 unspecified atom stereocenters. The van der Waals surface area contributed by atoms with E-state index in [9.17, 15) is 19.5 Å². The minimum Gasteiger partial charge on any atom is -0.480 e. The van der Waals surface area contributed by atoms with Gasteiger partial charge in [0.2, 0.25) is 0 Å². The molecule has 0 saturated heterocycles. The Morgan fingerprint density at radius 1 is 1.00 bits per heavy atom. The number of rotatable bonds is 10. The average molecular weight is 365 g/mol. The van der Waals surface area contributed by atoms with Gasteiger partial charge in [0.15, 0.2) is 5.96 Å². The Morgan fingerprint density at radius 2 is 1.58 bits per heavy atom. The molecular weight excluding hydrogens is 342 g/mol. The fraction of sp³-hybridized carbons (Fsp3) is 0.375. The van der Waals surface area contributed by atoms with E-state index in [1.54, 1.807) is 30.3 Å². The van der Waals surface area contributed by atoms with Crippen LogP contribution in [0.2, 0.25) is 0 Å². The zero-order valence-electron chi connectivity index (χ0n) is 14.1. The second-order valence-corrected chi connectivity index (χ2v) is 5.54. The largest absolute Gasteiger partial charge is 0.480 e. The fourth-order valence-corrected chi connectivity index (χ4v) is 2.17. The van der Waals surface area contributed by atoms with Gasteiger partial charge in [-0.05, 0) is 18.4 Å². The molecule has 0 aliphatic heterocycles. The maximum Gasteiger partial charge on any atom is 0.326 e. The third kappa shape index (κ3) is 7.99. The highest BCUT2D eigenvalue weighted by molar-refractivity contribution is 5.86. The van der Waals surface area contributed by atoms with Crippen molar-refractivity contribution in [3.63, 3.8) is 0 Å². The van der Waals surface area contributed by atoms with Gasteiger partial charge in [-0.3, -0.25) is 4.99 Å². The van der Waals surface area contributed by atoms with Crippen LogP contribution in [0.5, 0.6) is 0 Å². The van der Waals surface area contributed by atoms with Crippen molar-refractivity contribution < 1.29 is 24.6 Å². The Balaban J connectivity index is 2.59. The first-order valence-electron chi connectivity index (χ1n) is 7.91. The van der Waals surface area contributed by atoms with Crippen molar-refractivity contribution in [2.45, 2.75) is 31.3 Å². The highest BCUT2D eigenvalue weighted by atomic mass is 16.4. The fourth-order valence-electron chi connectivity index (χ4n) is 2.17. The van der Waals surface area contributed by atoms with Crippen molar-refractivity contribution in [3.05, 3.63) is 35.9 Å². The van der Waals surface area contributed by atoms with Crippen LogP contribution in [-0.4, -0.2) is 52.8 Å². The molecule has 10 heteroatoms. The average Bonchev–Trinajstić information content (AvgIpc) is 2.57. The molecule has 26 heavy (non-hydrogen) atoms. The molecule has 2 amide bonds. The highest BCUT2D eigenvalue weighted by Crippen LogP contribution is 2.04. The Hall–Kier alpha value is -3.30. The van der Waals surface area contributed by atoms with Gasteiger partial charge < -0.3 is 32.3 Å². The van der Waals surface area contributed by atoms with E-state index >= 15 is 0 Å². The molecule has 0 aliphatic carbocycles. The van der Waals surface area contributed by atoms with E-state index in [-0.39, 0.29) is 25.3 Å². The van der Waals surface area contributed by atoms with Gasteiger partial charge in [-0.2, -0.15) is 0 Å². The maximum absolute atomic E-state index is 12.0. The Labute approximate surface area is 150 Å². The summed E-state index contributed by atoms with van der Waals surface area (Å²) in [5, 5.41) is 23.0. The van der Waals surface area contributed by atoms with Crippen molar-refractivity contribution in [2.75, 3.05) is 6.54 Å². The second kappa shape index (κ2) is 10.5. The lowest BCUT2D eigenvalue weighted by Crippen LogP contribution is -2.51. The van der Waals surface area contributed by atoms with Crippen molar-refractivity contribution in [2.24, 2.45) is 16.5 Å². The molecule has 0 heterocycles. The molecule has 2 atom stereocenters. The number of carbonyl (C=O) groups excluding carboxylic acids is 1. The molecule has 0 fully saturated rings. The summed E-state index contributed by atoms with van der Waals surface area (Å²) in [5.41, 5.74) is 11.1. The number of hydrogen-bond acceptors (Lipinski definition) is 4. The van der Waals surface area contributed by atoms with Gasteiger partial charge in [0.05, 0.1) is 0 Å². The standard InChI is InChI=1S/C16H23N5O5/c17-15(18)19-8-4-7-11(13(22)23)20-16(26)21-12(14(24)25)9-10-5-2-1-3-6-10/h1-3,5-6,11-12H,4,7-9H2,(H,22,23)(H,24,25)(H4,17,18,19)(H2,20,21,26)/t11-,12+/m1/s1. The van der Waals surface area contributed by atoms with Gasteiger partial charge in [0.1, 0.15) is 12.1 Å². The second-order valence-electron chi connectivity index (χ2n) is 5.54. The molecule has 8 N–H and O–H groups in total. The number of nitrogens with two attached hydrogens (primary N) is 2. The van der Waals surface area contributed by atoms with Crippen LogP contribution in [0.15, 0.2) is 35.3 Å². The van der Waals surface area contributed by atoms with E-state index in [0.717, 1.165) is 5.56 Å². The molecule has 0 spiro atoms. The molecule has 0 aliphatic rings. The van der Waals surface area contributed by atoms with Crippen LogP contribution in [0, 0.1) is 0 Å². The van der Waals surface area contributed by atoms with E-state index in [2.05, 4.69) is 15.6 Å². The van der Waals surface area contributed by atoms with Crippen molar-refractivity contribution in [3.8, 4) is 0 Å². The first kappa shape index (κ1) is 20.7. The molecular formula is C16H23N5O5. The molecule has 1 aromatic carbocycles. The van der Waals surface area contributed by atoms with Crippen LogP contribution < -0.4 is 22.1 Å². The van der Waals surface area contributed by atoms with Gasteiger partial charge in [-0.15, -0.1) is 0 Å². The van der Waals surface area contributed by atoms with Crippen molar-refractivity contribution in [1.29, 1.82) is 0 Å². The summed E-state index contributed by atoms with van der Waals surface area (Å²) in [5.74, 6) is -2.56. The number of amides is 2. The molecule has 0 aromatic heterocycles. The van der Waals surface area contributed by atoms with Crippen LogP contribution in [0.1, 0.15) is 18.4 Å². The number of carboxylic acids is 2. The summed E-state index contributed by atoms with van der Waals surface area (Å²) in [7, 11) is 0. The molecule has 1 aromatic rings. The summed E-state index contributed by atoms with van der Waals surface area (Å²) in [6.07, 6.45) is 0.503. The number of hydrogen-bond donors (Lipinski definition) is 6. The third-order valence-electron chi connectivity index (χ3n) is 3.43. The zero-order chi connectivity index (χ0) is 19.5. The van der Waals surface area contributed by atoms with Gasteiger partial charge in [-0.1, -0.05) is 30.3 Å². The van der Waals surface area contributed by atoms with E-state index in [0.29, 0.717) is 6.42 Å². The lowest BCUT2D eigenvalue weighted by atomic mass is 10.1. The first-order chi connectivity index (χ1) is 12.3. The van der Waals surface area contributed by atoms with E-state index in [1.807, 2.05) is 0 Å². The van der Waals surface area contributed by atoms with Crippen molar-refractivity contribution >= 4 is 23.9 Å². The summed E-state index contributed by atoms with van der Waals surface area (Å²) >= 11 is 0. The summed E-state index contributed by atoms with van der Waals surface area (Å²) in [6.45, 7) is 0.223. The predicted molar refractivity (Wildman–Crippen MR) is 94.6 cm³/mol. The van der Waals surface area contributed by atoms with Crippen LogP contribution in [0.25, 0.3) is 0 Å². The third-order valence-corrected chi connectivity index (χ3v) is 3.43. The normalized spacial score (nSPS) is 12.5. The van der Waals surface area contributed by atoms with Crippen LogP contribution in [-0.2, 0) is 16.0 Å². The lowest BCUT2D eigenvalue weighted by molar-refractivity contribution is -0.139. The number of carbonyl (C=O) groups is 3. The minimum absolute atomic E-state index is 0.0752. The maximum atomic E-state index is 12.0. The number of benzene rings is 1. The molecule has 1 rings (SSSR count). The van der Waals surface area contributed by atoms with Crippen LogP contribution >= 0.6 is 0 Å². The number of nitrogens with one attached hydrogen (secondary N) is 2. The number of aliphatic imine (C=N–C) groups is 1. The first-order valence-corrected chi connectivity index (χ1v) is 7.91. The monoisotopic (exact) mass is 365 g/mol. The zero-order valence-corrected chi connectivity index (χ0v) is 14.1. The highest BCUT2D eigenvalue weighted by Gasteiger charge is 2.24. The number of nitrogens with zero attached hydrogens (tertiary/aromatic N) is 1. The topological polar surface area (TPSA) is 180 Å². The summed E-state index contributed by atoms with van der Waals surface area (Å²) in [4.78, 5) is 38.3. The van der Waals surface area contributed by atoms with Crippen LogP contribution in [0.3, 0.4) is 0 Å². The molecule has 0 radical (unpaired) electrons. The Kier molecular flexibility index (Phi) is 8.41. The number of carboxylic acid groups (broad SMARTS) is 2. The number of aliphatic carboxylic acids is 2. The minimum atomic E-state index is -1.24. The molecule has 0 saturated carbocycles. The lowest BCUT2D eigenvalue weighted by Gasteiger charge is -2.18. The van der Waals surface area contributed by atoms with Gasteiger partial charge in [-0.25, -0.2) is 14.4 Å². The Bertz CT molecular complexity index is 646. The molecule has 10 nitrogen and oxygen atoms in total. The quantitative estimate of drug-likeness (QED) is 0.183. The van der Waals surface area contributed by atoms with Gasteiger partial charge in [0, 0.05) is 13.0 Å². The summed E-state index contributed by atoms with van der Waals surface area (Å²) in [6, 6.07) is 5.53. The molecule has 0 bridgehead atoms. The Morgan fingerprint density at radius 3 is 2.12 bits per heavy atom. The number of guanidine groups is 1. The van der Waals surface area contributed by atoms with E-state index in [4.69, 9.17) is 16.6 Å².